The van der Waals surface area contributed by atoms with Crippen molar-refractivity contribution in [3.63, 3.8) is 0 Å². The van der Waals surface area contributed by atoms with E-state index in [-0.39, 0.29) is 23.1 Å². The highest BCUT2D eigenvalue weighted by molar-refractivity contribution is 7.08. The molecule has 0 radical (unpaired) electrons. The molecular formula is C16H12ClNO4S. The second kappa shape index (κ2) is 5.72. The second-order valence-electron chi connectivity index (χ2n) is 5.08. The number of benzene rings is 1. The van der Waals surface area contributed by atoms with E-state index in [0.717, 1.165) is 0 Å². The maximum atomic E-state index is 12.8. The van der Waals surface area contributed by atoms with Gasteiger partial charge in [-0.05, 0) is 36.1 Å². The molecule has 5 nitrogen and oxygen atoms in total. The van der Waals surface area contributed by atoms with Crippen molar-refractivity contribution in [3.8, 4) is 5.75 Å². The first-order valence-electron chi connectivity index (χ1n) is 6.72. The lowest BCUT2D eigenvalue weighted by molar-refractivity contribution is -0.136. The Labute approximate surface area is 140 Å². The Hall–Kier alpha value is -2.31. The van der Waals surface area contributed by atoms with Crippen molar-refractivity contribution >= 4 is 45.7 Å². The number of aromatic nitrogens is 1. The summed E-state index contributed by atoms with van der Waals surface area (Å²) in [5.41, 5.74) is 1.93. The number of carboxylic acid groups (broad SMARTS) is 1. The fourth-order valence-electron chi connectivity index (χ4n) is 2.67. The number of nitrogens with zero attached hydrogens (tertiary/aromatic N) is 1. The summed E-state index contributed by atoms with van der Waals surface area (Å²) in [6.07, 6.45) is -0.282. The van der Waals surface area contributed by atoms with E-state index >= 15 is 0 Å². The summed E-state index contributed by atoms with van der Waals surface area (Å²) in [5.74, 6) is -1.44. The standard InChI is InChI=1S/C16H12ClNO4S/c1-8-10(6-13(20)21)14-11(2-3-12(19)15(14)17)18(8)16(22)9-4-5-23-7-9/h2-5,7,19H,6H2,1H3,(H,20,21). The third-order valence-corrected chi connectivity index (χ3v) is 4.78. The first kappa shape index (κ1) is 15.6. The van der Waals surface area contributed by atoms with Gasteiger partial charge in [-0.25, -0.2) is 0 Å². The molecule has 118 valence electrons. The fourth-order valence-corrected chi connectivity index (χ4v) is 3.57. The molecule has 0 unspecified atom stereocenters. The highest BCUT2D eigenvalue weighted by atomic mass is 35.5. The minimum Gasteiger partial charge on any atom is -0.506 e. The number of phenols is 1. The summed E-state index contributed by atoms with van der Waals surface area (Å²) < 4.78 is 1.45. The third kappa shape index (κ3) is 2.50. The van der Waals surface area contributed by atoms with Crippen LogP contribution in [0.25, 0.3) is 10.9 Å². The van der Waals surface area contributed by atoms with Crippen LogP contribution in [0.3, 0.4) is 0 Å². The molecule has 1 aromatic carbocycles. The van der Waals surface area contributed by atoms with Crippen LogP contribution in [-0.4, -0.2) is 26.7 Å². The van der Waals surface area contributed by atoms with Crippen LogP contribution in [0.15, 0.2) is 29.0 Å². The van der Waals surface area contributed by atoms with Gasteiger partial charge in [0, 0.05) is 16.5 Å². The average Bonchev–Trinajstić information content (AvgIpc) is 3.10. The van der Waals surface area contributed by atoms with E-state index in [4.69, 9.17) is 16.7 Å². The van der Waals surface area contributed by atoms with Gasteiger partial charge in [-0.2, -0.15) is 11.3 Å². The molecule has 23 heavy (non-hydrogen) atoms. The number of rotatable bonds is 3. The quantitative estimate of drug-likeness (QED) is 0.755. The Bertz CT molecular complexity index is 928. The molecule has 0 saturated carbocycles. The number of phenolic OH excluding ortho intramolecular Hbond substituents is 1. The molecule has 2 heterocycles. The molecule has 2 N–H and O–H groups in total. The van der Waals surface area contributed by atoms with Crippen molar-refractivity contribution in [2.75, 3.05) is 0 Å². The van der Waals surface area contributed by atoms with Gasteiger partial charge in [0.2, 0.25) is 0 Å². The van der Waals surface area contributed by atoms with E-state index in [1.807, 2.05) is 0 Å². The molecule has 0 aliphatic rings. The molecule has 0 amide bonds. The fraction of sp³-hybridized carbons (Fsp3) is 0.125. The largest absolute Gasteiger partial charge is 0.506 e. The second-order valence-corrected chi connectivity index (χ2v) is 6.24. The number of carbonyl (C=O) groups excluding carboxylic acids is 1. The predicted octanol–water partition coefficient (Wildman–Crippen LogP) is 3.69. The normalized spacial score (nSPS) is 11.0. The summed E-state index contributed by atoms with van der Waals surface area (Å²) in [6.45, 7) is 1.68. The van der Waals surface area contributed by atoms with Crippen molar-refractivity contribution in [2.24, 2.45) is 0 Å². The van der Waals surface area contributed by atoms with Crippen LogP contribution in [0.5, 0.6) is 5.75 Å². The number of aliphatic carboxylic acids is 1. The number of thiophene rings is 1. The van der Waals surface area contributed by atoms with Crippen LogP contribution >= 0.6 is 22.9 Å². The van der Waals surface area contributed by atoms with Crippen molar-refractivity contribution in [1.29, 1.82) is 0 Å². The van der Waals surface area contributed by atoms with Crippen molar-refractivity contribution in [1.82, 2.24) is 4.57 Å². The van der Waals surface area contributed by atoms with Crippen LogP contribution < -0.4 is 0 Å². The maximum Gasteiger partial charge on any atom is 0.307 e. The Morgan fingerprint density at radius 2 is 2.04 bits per heavy atom. The smallest absolute Gasteiger partial charge is 0.307 e. The van der Waals surface area contributed by atoms with Gasteiger partial charge < -0.3 is 10.2 Å². The molecule has 7 heteroatoms. The van der Waals surface area contributed by atoms with Crippen LogP contribution in [-0.2, 0) is 11.2 Å². The molecule has 0 saturated heterocycles. The molecule has 0 fully saturated rings. The lowest BCUT2D eigenvalue weighted by Crippen LogP contribution is -2.13. The molecule has 0 spiro atoms. The number of carbonyl (C=O) groups is 2. The van der Waals surface area contributed by atoms with E-state index in [9.17, 15) is 14.7 Å². The average molecular weight is 350 g/mol. The molecule has 0 atom stereocenters. The zero-order chi connectivity index (χ0) is 16.7. The van der Waals surface area contributed by atoms with E-state index in [1.165, 1.54) is 22.0 Å². The Kier molecular flexibility index (Phi) is 3.87. The topological polar surface area (TPSA) is 79.5 Å². The first-order valence-corrected chi connectivity index (χ1v) is 8.04. The number of aromatic hydroxyl groups is 1. The molecule has 2 aromatic heterocycles. The minimum atomic E-state index is -1.03. The number of carboxylic acids is 1. The molecule has 0 bridgehead atoms. The van der Waals surface area contributed by atoms with Gasteiger partial charge >= 0.3 is 5.97 Å². The molecule has 0 aliphatic heterocycles. The van der Waals surface area contributed by atoms with Crippen molar-refractivity contribution < 1.29 is 19.8 Å². The van der Waals surface area contributed by atoms with E-state index in [0.29, 0.717) is 27.7 Å². The monoisotopic (exact) mass is 349 g/mol. The van der Waals surface area contributed by atoms with Crippen LogP contribution in [0.1, 0.15) is 21.6 Å². The molecule has 3 rings (SSSR count). The van der Waals surface area contributed by atoms with Crippen LogP contribution in [0.4, 0.5) is 0 Å². The predicted molar refractivity (Wildman–Crippen MR) is 88.7 cm³/mol. The molecular weight excluding hydrogens is 338 g/mol. The number of halogens is 1. The summed E-state index contributed by atoms with van der Waals surface area (Å²) in [4.78, 5) is 23.9. The van der Waals surface area contributed by atoms with Crippen molar-refractivity contribution in [2.45, 2.75) is 13.3 Å². The number of fused-ring (bicyclic) bond motifs is 1. The lowest BCUT2D eigenvalue weighted by atomic mass is 10.1. The van der Waals surface area contributed by atoms with Gasteiger partial charge in [0.25, 0.3) is 5.91 Å². The highest BCUT2D eigenvalue weighted by Crippen LogP contribution is 2.38. The zero-order valence-electron chi connectivity index (χ0n) is 12.0. The van der Waals surface area contributed by atoms with Crippen LogP contribution in [0.2, 0.25) is 5.02 Å². The Morgan fingerprint density at radius 3 is 2.65 bits per heavy atom. The van der Waals surface area contributed by atoms with Gasteiger partial charge in [-0.3, -0.25) is 14.2 Å². The van der Waals surface area contributed by atoms with Gasteiger partial charge in [0.15, 0.2) is 0 Å². The van der Waals surface area contributed by atoms with Gasteiger partial charge in [0.05, 0.1) is 22.5 Å². The summed E-state index contributed by atoms with van der Waals surface area (Å²) in [5, 5.41) is 22.9. The Balaban J connectivity index is 2.35. The molecule has 0 aliphatic carbocycles. The molecule has 3 aromatic rings. The van der Waals surface area contributed by atoms with Gasteiger partial charge in [0.1, 0.15) is 5.75 Å². The zero-order valence-corrected chi connectivity index (χ0v) is 13.6. The maximum absolute atomic E-state index is 12.8. The summed E-state index contributed by atoms with van der Waals surface area (Å²) in [6, 6.07) is 4.67. The van der Waals surface area contributed by atoms with E-state index in [1.54, 1.807) is 29.8 Å². The van der Waals surface area contributed by atoms with Crippen LogP contribution in [0, 0.1) is 6.92 Å². The van der Waals surface area contributed by atoms with Gasteiger partial charge in [-0.1, -0.05) is 11.6 Å². The first-order chi connectivity index (χ1) is 10.9. The van der Waals surface area contributed by atoms with E-state index in [2.05, 4.69) is 0 Å². The van der Waals surface area contributed by atoms with Gasteiger partial charge in [-0.15, -0.1) is 0 Å². The highest BCUT2D eigenvalue weighted by Gasteiger charge is 2.24. The summed E-state index contributed by atoms with van der Waals surface area (Å²) >= 11 is 7.57. The lowest BCUT2D eigenvalue weighted by Gasteiger charge is -2.06. The summed E-state index contributed by atoms with van der Waals surface area (Å²) in [7, 11) is 0. The Morgan fingerprint density at radius 1 is 1.30 bits per heavy atom. The number of hydrogen-bond acceptors (Lipinski definition) is 4. The third-order valence-electron chi connectivity index (χ3n) is 3.71. The minimum absolute atomic E-state index is 0.0544. The van der Waals surface area contributed by atoms with Crippen molar-refractivity contribution in [3.05, 3.63) is 50.8 Å². The number of hydrogen-bond donors (Lipinski definition) is 2. The SMILES string of the molecule is Cc1c(CC(=O)O)c2c(Cl)c(O)ccc2n1C(=O)c1ccsc1. The van der Waals surface area contributed by atoms with E-state index < -0.39 is 5.97 Å².